The minimum absolute atomic E-state index is 0.0380. The van der Waals surface area contributed by atoms with Gasteiger partial charge < -0.3 is 25.0 Å². The predicted octanol–water partition coefficient (Wildman–Crippen LogP) is 3.12. The topological polar surface area (TPSA) is 85.1 Å². The maximum Gasteiger partial charge on any atom is 0.245 e. The first-order valence-corrected chi connectivity index (χ1v) is 13.1. The Morgan fingerprint density at radius 3 is 1.83 bits per heavy atom. The summed E-state index contributed by atoms with van der Waals surface area (Å²) < 4.78 is 11.4. The lowest BCUT2D eigenvalue weighted by Crippen LogP contribution is -2.57. The average molecular weight is 492 g/mol. The van der Waals surface area contributed by atoms with Crippen molar-refractivity contribution in [1.82, 2.24) is 9.80 Å². The zero-order valence-corrected chi connectivity index (χ0v) is 21.1. The van der Waals surface area contributed by atoms with E-state index in [0.29, 0.717) is 19.6 Å². The van der Waals surface area contributed by atoms with Gasteiger partial charge in [0, 0.05) is 39.4 Å². The van der Waals surface area contributed by atoms with E-state index >= 15 is 0 Å². The molecule has 4 unspecified atom stereocenters. The van der Waals surface area contributed by atoms with Crippen LogP contribution in [0.4, 0.5) is 0 Å². The van der Waals surface area contributed by atoms with Crippen LogP contribution in [0.1, 0.15) is 43.7 Å². The maximum atomic E-state index is 12.5. The Bertz CT molecular complexity index is 979. The van der Waals surface area contributed by atoms with Crippen molar-refractivity contribution in [2.45, 2.75) is 63.4 Å². The Balaban J connectivity index is 0.000000148. The van der Waals surface area contributed by atoms with Gasteiger partial charge in [0.25, 0.3) is 0 Å². The smallest absolute Gasteiger partial charge is 0.245 e. The molecule has 0 aromatic heterocycles. The third-order valence-corrected chi connectivity index (χ3v) is 8.16. The van der Waals surface area contributed by atoms with Crippen molar-refractivity contribution in [2.24, 2.45) is 11.1 Å². The molecule has 2 aromatic carbocycles. The predicted molar refractivity (Wildman–Crippen MR) is 137 cm³/mol. The van der Waals surface area contributed by atoms with Gasteiger partial charge in [0.1, 0.15) is 11.6 Å². The van der Waals surface area contributed by atoms with E-state index in [4.69, 9.17) is 15.2 Å². The zero-order valence-electron chi connectivity index (χ0n) is 21.1. The van der Waals surface area contributed by atoms with Crippen molar-refractivity contribution in [3.63, 3.8) is 0 Å². The summed E-state index contributed by atoms with van der Waals surface area (Å²) in [4.78, 5) is 28.7. The number of carbonyl (C=O) groups is 2. The number of ether oxygens (including phenoxy) is 2. The summed E-state index contributed by atoms with van der Waals surface area (Å²) in [5.41, 5.74) is 7.49. The minimum Gasteiger partial charge on any atom is -0.375 e. The van der Waals surface area contributed by atoms with Gasteiger partial charge in [0.05, 0.1) is 11.5 Å². The molecule has 2 aromatic rings. The highest BCUT2D eigenvalue weighted by Gasteiger charge is 2.53. The van der Waals surface area contributed by atoms with Gasteiger partial charge in [-0.3, -0.25) is 9.59 Å². The molecular formula is C29H37N3O4. The summed E-state index contributed by atoms with van der Waals surface area (Å²) >= 11 is 0. The number of hydrogen-bond donors (Lipinski definition) is 1. The van der Waals surface area contributed by atoms with Crippen LogP contribution in [0.2, 0.25) is 0 Å². The molecule has 0 spiro atoms. The van der Waals surface area contributed by atoms with E-state index in [2.05, 4.69) is 19.1 Å². The molecule has 0 aliphatic carbocycles. The van der Waals surface area contributed by atoms with Crippen LogP contribution in [0.25, 0.3) is 0 Å². The first-order valence-electron chi connectivity index (χ1n) is 13.1. The summed E-state index contributed by atoms with van der Waals surface area (Å²) in [6, 6.07) is 20.2. The molecule has 4 fully saturated rings. The highest BCUT2D eigenvalue weighted by atomic mass is 16.5. The minimum atomic E-state index is -0.785. The molecule has 2 amide bonds. The number of carbonyl (C=O) groups excluding carboxylic acids is 2. The number of nitrogens with two attached hydrogens (primary N) is 1. The highest BCUT2D eigenvalue weighted by molar-refractivity contribution is 5.89. The Kier molecular flexibility index (Phi) is 7.15. The van der Waals surface area contributed by atoms with Gasteiger partial charge >= 0.3 is 0 Å². The van der Waals surface area contributed by atoms with E-state index in [9.17, 15) is 9.59 Å². The maximum absolute atomic E-state index is 12.5. The molecule has 7 heteroatoms. The summed E-state index contributed by atoms with van der Waals surface area (Å²) in [6.45, 7) is 6.26. The molecule has 2 N–H and O–H groups in total. The van der Waals surface area contributed by atoms with Gasteiger partial charge in [-0.15, -0.1) is 0 Å². The van der Waals surface area contributed by atoms with Crippen molar-refractivity contribution in [1.29, 1.82) is 0 Å². The van der Waals surface area contributed by atoms with E-state index in [0.717, 1.165) is 51.0 Å². The molecule has 7 nitrogen and oxygen atoms in total. The van der Waals surface area contributed by atoms with Crippen LogP contribution in [0.5, 0.6) is 0 Å². The monoisotopic (exact) mass is 491 g/mol. The molecule has 4 heterocycles. The second-order valence-corrected chi connectivity index (χ2v) is 10.7. The van der Waals surface area contributed by atoms with Crippen LogP contribution in [-0.4, -0.2) is 65.7 Å². The highest BCUT2D eigenvalue weighted by Crippen LogP contribution is 2.41. The number of amides is 2. The average Bonchev–Trinajstić information content (AvgIpc) is 3.30. The van der Waals surface area contributed by atoms with E-state index in [1.54, 1.807) is 0 Å². The van der Waals surface area contributed by atoms with Crippen molar-refractivity contribution >= 4 is 11.8 Å². The van der Waals surface area contributed by atoms with Gasteiger partial charge in [0.15, 0.2) is 0 Å². The normalized spacial score (nSPS) is 31.5. The number of rotatable bonds is 4. The molecule has 0 saturated carbocycles. The lowest BCUT2D eigenvalue weighted by Gasteiger charge is -2.32. The number of benzene rings is 2. The molecule has 0 bridgehead atoms. The van der Waals surface area contributed by atoms with Gasteiger partial charge in [-0.1, -0.05) is 60.7 Å². The van der Waals surface area contributed by atoms with Crippen molar-refractivity contribution in [3.8, 4) is 0 Å². The second kappa shape index (κ2) is 10.3. The fourth-order valence-corrected chi connectivity index (χ4v) is 5.97. The Morgan fingerprint density at radius 2 is 1.28 bits per heavy atom. The molecule has 4 saturated heterocycles. The van der Waals surface area contributed by atoms with Crippen LogP contribution >= 0.6 is 0 Å². The van der Waals surface area contributed by atoms with E-state index in [-0.39, 0.29) is 29.4 Å². The quantitative estimate of drug-likeness (QED) is 0.710. The van der Waals surface area contributed by atoms with Crippen molar-refractivity contribution < 1.29 is 19.1 Å². The number of nitrogens with zero attached hydrogens (tertiary/aromatic N) is 2. The van der Waals surface area contributed by atoms with E-state index in [1.807, 2.05) is 58.3 Å². The molecule has 4 aliphatic heterocycles. The van der Waals surface area contributed by atoms with Crippen LogP contribution in [0.3, 0.4) is 0 Å². The van der Waals surface area contributed by atoms with Crippen molar-refractivity contribution in [3.05, 3.63) is 71.8 Å². The summed E-state index contributed by atoms with van der Waals surface area (Å²) in [6.07, 6.45) is 3.52. The van der Waals surface area contributed by atoms with Crippen LogP contribution in [0, 0.1) is 5.41 Å². The van der Waals surface area contributed by atoms with Crippen LogP contribution < -0.4 is 5.73 Å². The molecule has 192 valence electrons. The third-order valence-electron chi connectivity index (χ3n) is 8.16. The Morgan fingerprint density at radius 1 is 0.778 bits per heavy atom. The van der Waals surface area contributed by atoms with Gasteiger partial charge in [0.2, 0.25) is 11.8 Å². The number of hydrogen-bond acceptors (Lipinski definition) is 5. The lowest BCUT2D eigenvalue weighted by atomic mass is 9.80. The number of likely N-dealkylation sites (tertiary alicyclic amines) is 2. The Labute approximate surface area is 213 Å². The summed E-state index contributed by atoms with van der Waals surface area (Å²) in [5.74, 6) is 0.298. The summed E-state index contributed by atoms with van der Waals surface area (Å²) in [7, 11) is 0. The van der Waals surface area contributed by atoms with Gasteiger partial charge in [-0.25, -0.2) is 0 Å². The lowest BCUT2D eigenvalue weighted by molar-refractivity contribution is -0.141. The zero-order chi connectivity index (χ0) is 25.2. The van der Waals surface area contributed by atoms with Gasteiger partial charge in [-0.2, -0.15) is 0 Å². The molecule has 36 heavy (non-hydrogen) atoms. The molecular weight excluding hydrogens is 454 g/mol. The molecule has 0 radical (unpaired) electrons. The largest absolute Gasteiger partial charge is 0.375 e. The first kappa shape index (κ1) is 24.9. The summed E-state index contributed by atoms with van der Waals surface area (Å²) in [5, 5.41) is 0. The fourth-order valence-electron chi connectivity index (χ4n) is 5.97. The van der Waals surface area contributed by atoms with Crippen molar-refractivity contribution in [2.75, 3.05) is 26.3 Å². The van der Waals surface area contributed by atoms with Gasteiger partial charge in [-0.05, 0) is 43.7 Å². The molecule has 4 atom stereocenters. The fraction of sp³-hybridized carbons (Fsp3) is 0.517. The first-order chi connectivity index (χ1) is 17.4. The third kappa shape index (κ3) is 4.80. The SMILES string of the molecule is CC12CCCOC1CN(Cc1ccccc1)C2=O.NC12CCCOC1CN(Cc1ccccc1)C2=O. The molecule has 6 rings (SSSR count). The van der Waals surface area contributed by atoms with Crippen LogP contribution in [0.15, 0.2) is 60.7 Å². The second-order valence-electron chi connectivity index (χ2n) is 10.7. The van der Waals surface area contributed by atoms with E-state index in [1.165, 1.54) is 5.56 Å². The molecule has 4 aliphatic rings. The Hall–Kier alpha value is -2.74. The standard InChI is InChI=1S/C15H19NO2.C14H18N2O2/c1-15-8-5-9-18-13(15)11-16(14(15)17)10-12-6-3-2-4-7-12;15-14-7-4-8-18-12(14)10-16(13(14)17)9-11-5-2-1-3-6-11/h2-4,6-7,13H,5,8-11H2,1H3;1-3,5-6,12H,4,7-10,15H2. The van der Waals surface area contributed by atoms with E-state index < -0.39 is 5.54 Å². The van der Waals surface area contributed by atoms with Crippen LogP contribution in [-0.2, 0) is 32.2 Å². The number of fused-ring (bicyclic) bond motifs is 2.